The summed E-state index contributed by atoms with van der Waals surface area (Å²) in [6, 6.07) is -5.51. The second kappa shape index (κ2) is 13.2. The Hall–Kier alpha value is -4.91. The molecule has 0 aliphatic heterocycles. The number of hydrogen-bond donors (Lipinski definition) is 0. The van der Waals surface area contributed by atoms with Crippen LogP contribution >= 0.6 is 0 Å². The van der Waals surface area contributed by atoms with E-state index >= 15 is 0 Å². The normalized spacial score (nSPS) is 13.9. The van der Waals surface area contributed by atoms with Crippen molar-refractivity contribution in [3.63, 3.8) is 0 Å². The minimum Gasteiger partial charge on any atom is -0.455 e. The molecule has 1 aromatic heterocycles. The van der Waals surface area contributed by atoms with Crippen LogP contribution in [0.25, 0.3) is 0 Å². The summed E-state index contributed by atoms with van der Waals surface area (Å²) in [6.07, 6.45) is 0. The number of rotatable bonds is 10. The van der Waals surface area contributed by atoms with E-state index in [9.17, 15) is 49.5 Å². The van der Waals surface area contributed by atoms with E-state index in [-0.39, 0.29) is 0 Å². The molecule has 0 fully saturated rings. The van der Waals surface area contributed by atoms with Crippen molar-refractivity contribution >= 4 is 23.9 Å². The molecule has 0 aliphatic carbocycles. The number of carbonyl (C=O) groups excluding carboxylic acids is 4. The fourth-order valence-electron chi connectivity index (χ4n) is 3.30. The predicted octanol–water partition coefficient (Wildman–Crippen LogP) is 2.35. The first-order valence-corrected chi connectivity index (χ1v) is 13.5. The molecular formula is C26H38N6O14. The third-order valence-electron chi connectivity index (χ3n) is 4.83. The van der Waals surface area contributed by atoms with Crippen molar-refractivity contribution < 1.29 is 52.9 Å². The third kappa shape index (κ3) is 10.1. The van der Waals surface area contributed by atoms with Gasteiger partial charge in [0.2, 0.25) is 17.5 Å². The van der Waals surface area contributed by atoms with Crippen molar-refractivity contribution in [2.75, 3.05) is 0 Å². The fourth-order valence-corrected chi connectivity index (χ4v) is 3.30. The van der Waals surface area contributed by atoms with Crippen LogP contribution < -0.4 is 0 Å². The Morgan fingerprint density at radius 2 is 0.826 bits per heavy atom. The van der Waals surface area contributed by atoms with E-state index in [1.807, 2.05) is 0 Å². The molecule has 46 heavy (non-hydrogen) atoms. The van der Waals surface area contributed by atoms with Crippen molar-refractivity contribution in [3.05, 3.63) is 47.8 Å². The van der Waals surface area contributed by atoms with Gasteiger partial charge in [0, 0.05) is 9.85 Å². The van der Waals surface area contributed by atoms with Crippen LogP contribution in [0.5, 0.6) is 0 Å². The third-order valence-corrected chi connectivity index (χ3v) is 4.83. The van der Waals surface area contributed by atoms with Crippen LogP contribution in [0.15, 0.2) is 0 Å². The SMILES string of the molecule is CC(C)(C)OC(=O)C(c1nc(C(C(=O)OC(C)(C)C)[N+](=O)[O-])nc(C(C(=O)OC(C)(C)C)(C(=O)OC(C)(C)C)[N+](=O)[O-])n1)[N+](=O)[O-]. The first-order valence-electron chi connectivity index (χ1n) is 13.5. The summed E-state index contributed by atoms with van der Waals surface area (Å²) in [5.41, 5.74) is -9.64. The molecule has 20 nitrogen and oxygen atoms in total. The second-order valence-electron chi connectivity index (χ2n) is 13.8. The number of carbonyl (C=O) groups is 4. The zero-order valence-corrected chi connectivity index (χ0v) is 27.6. The number of hydrogen-bond acceptors (Lipinski definition) is 17. The number of nitro groups is 3. The van der Waals surface area contributed by atoms with Gasteiger partial charge < -0.3 is 18.9 Å². The highest BCUT2D eigenvalue weighted by atomic mass is 16.7. The lowest BCUT2D eigenvalue weighted by Gasteiger charge is -2.28. The van der Waals surface area contributed by atoms with Gasteiger partial charge in [0.15, 0.2) is 0 Å². The van der Waals surface area contributed by atoms with Crippen LogP contribution in [0.1, 0.15) is 113 Å². The summed E-state index contributed by atoms with van der Waals surface area (Å²) in [5, 5.41) is 37.1. The predicted molar refractivity (Wildman–Crippen MR) is 151 cm³/mol. The van der Waals surface area contributed by atoms with E-state index in [0.29, 0.717) is 0 Å². The summed E-state index contributed by atoms with van der Waals surface area (Å²) in [6.45, 7) is 15.8. The van der Waals surface area contributed by atoms with Gasteiger partial charge in [0.05, 0.1) is 4.92 Å². The molecule has 2 atom stereocenters. The van der Waals surface area contributed by atoms with Crippen LogP contribution in [0.2, 0.25) is 0 Å². The maximum atomic E-state index is 13.6. The minimum absolute atomic E-state index is 1.28. The highest BCUT2D eigenvalue weighted by molar-refractivity contribution is 6.03. The molecule has 0 radical (unpaired) electrons. The Morgan fingerprint density at radius 3 is 1.04 bits per heavy atom. The van der Waals surface area contributed by atoms with E-state index in [1.54, 1.807) is 0 Å². The second-order valence-corrected chi connectivity index (χ2v) is 13.8. The van der Waals surface area contributed by atoms with Gasteiger partial charge in [-0.05, 0) is 83.1 Å². The molecule has 0 bridgehead atoms. The number of nitrogens with zero attached hydrogens (tertiary/aromatic N) is 6. The topological polar surface area (TPSA) is 273 Å². The maximum Gasteiger partial charge on any atom is 0.468 e. The van der Waals surface area contributed by atoms with Gasteiger partial charge in [-0.2, -0.15) is 0 Å². The van der Waals surface area contributed by atoms with Crippen molar-refractivity contribution in [3.8, 4) is 0 Å². The van der Waals surface area contributed by atoms with Gasteiger partial charge in [-0.25, -0.2) is 34.1 Å². The van der Waals surface area contributed by atoms with Crippen LogP contribution in [-0.4, -0.2) is 76.0 Å². The van der Waals surface area contributed by atoms with E-state index in [0.717, 1.165) is 0 Å². The highest BCUT2D eigenvalue weighted by Gasteiger charge is 2.68. The first-order chi connectivity index (χ1) is 20.4. The smallest absolute Gasteiger partial charge is 0.455 e. The van der Waals surface area contributed by atoms with Gasteiger partial charge in [0.25, 0.3) is 0 Å². The van der Waals surface area contributed by atoms with Gasteiger partial charge in [0.1, 0.15) is 22.4 Å². The number of esters is 4. The Balaban J connectivity index is 4.49. The van der Waals surface area contributed by atoms with E-state index in [2.05, 4.69) is 15.0 Å². The van der Waals surface area contributed by atoms with Crippen molar-refractivity contribution in [1.82, 2.24) is 15.0 Å². The Labute approximate surface area is 263 Å². The molecule has 256 valence electrons. The molecule has 1 aromatic rings. The van der Waals surface area contributed by atoms with Crippen molar-refractivity contribution in [1.29, 1.82) is 0 Å². The average Bonchev–Trinajstić information content (AvgIpc) is 2.73. The molecule has 0 saturated heterocycles. The molecule has 1 rings (SSSR count). The largest absolute Gasteiger partial charge is 0.468 e. The monoisotopic (exact) mass is 658 g/mol. The zero-order valence-electron chi connectivity index (χ0n) is 27.6. The van der Waals surface area contributed by atoms with E-state index in [1.165, 1.54) is 83.1 Å². The minimum atomic E-state index is -3.92. The Bertz CT molecular complexity index is 1320. The molecule has 0 spiro atoms. The lowest BCUT2D eigenvalue weighted by atomic mass is 9.97. The Morgan fingerprint density at radius 1 is 0.543 bits per heavy atom. The van der Waals surface area contributed by atoms with Crippen molar-refractivity contribution in [2.45, 2.75) is 123 Å². The van der Waals surface area contributed by atoms with Gasteiger partial charge in [-0.1, -0.05) is 0 Å². The molecule has 0 aliphatic rings. The lowest BCUT2D eigenvalue weighted by Crippen LogP contribution is -2.56. The highest BCUT2D eigenvalue weighted by Crippen LogP contribution is 2.33. The summed E-state index contributed by atoms with van der Waals surface area (Å²) < 4.78 is 20.4. The van der Waals surface area contributed by atoms with Gasteiger partial charge in [-0.3, -0.25) is 30.3 Å². The molecule has 20 heteroatoms. The van der Waals surface area contributed by atoms with Crippen LogP contribution in [-0.2, 0) is 43.7 Å². The summed E-state index contributed by atoms with van der Waals surface area (Å²) >= 11 is 0. The molecular weight excluding hydrogens is 620 g/mol. The molecule has 1 heterocycles. The van der Waals surface area contributed by atoms with E-state index < -0.39 is 96.1 Å². The lowest BCUT2D eigenvalue weighted by molar-refractivity contribution is -0.553. The van der Waals surface area contributed by atoms with Crippen LogP contribution in [0, 0.1) is 30.3 Å². The fraction of sp³-hybridized carbons (Fsp3) is 0.731. The van der Waals surface area contributed by atoms with Gasteiger partial charge in [-0.15, -0.1) is 0 Å². The summed E-state index contributed by atoms with van der Waals surface area (Å²) in [7, 11) is 0. The quantitative estimate of drug-likeness (QED) is 0.115. The zero-order chi connectivity index (χ0) is 36.4. The van der Waals surface area contributed by atoms with Crippen molar-refractivity contribution in [2.24, 2.45) is 0 Å². The molecule has 0 aromatic carbocycles. The molecule has 2 unspecified atom stereocenters. The average molecular weight is 659 g/mol. The van der Waals surface area contributed by atoms with Gasteiger partial charge >= 0.3 is 41.5 Å². The summed E-state index contributed by atoms with van der Waals surface area (Å²) in [4.78, 5) is 96.9. The van der Waals surface area contributed by atoms with Crippen LogP contribution in [0.4, 0.5) is 0 Å². The Kier molecular flexibility index (Phi) is 11.2. The maximum absolute atomic E-state index is 13.6. The number of ether oxygens (including phenoxy) is 4. The van der Waals surface area contributed by atoms with E-state index in [4.69, 9.17) is 18.9 Å². The van der Waals surface area contributed by atoms with Crippen LogP contribution in [0.3, 0.4) is 0 Å². The molecule has 0 amide bonds. The first kappa shape index (κ1) is 39.1. The summed E-state index contributed by atoms with van der Waals surface area (Å²) in [5.74, 6) is -11.5. The molecule has 0 N–H and O–H groups in total. The standard InChI is InChI=1S/C26H38N6O14/c1-22(2,3)43-17(33)13(30(37)38)15-27-16(14(31(39)40)18(34)44-23(4,5)6)29-19(28-15)26(32(41)42,20(35)45-24(7,8)9)21(36)46-25(10,11)12/h13-14H,1-12H3. The number of aromatic nitrogens is 3. The molecule has 0 saturated carbocycles.